The lowest BCUT2D eigenvalue weighted by atomic mass is 9.97. The first-order valence-corrected chi connectivity index (χ1v) is 8.70. The number of hydrogen-bond donors (Lipinski definition) is 1. The molecule has 0 aliphatic heterocycles. The lowest BCUT2D eigenvalue weighted by Gasteiger charge is -2.09. The zero-order chi connectivity index (χ0) is 20.1. The topological polar surface area (TPSA) is 88.5 Å². The van der Waals surface area contributed by atoms with Crippen molar-refractivity contribution in [2.75, 3.05) is 20.8 Å². The Kier molecular flexibility index (Phi) is 5.66. The molecule has 0 radical (unpaired) electrons. The van der Waals surface area contributed by atoms with E-state index in [1.54, 1.807) is 39.3 Å². The van der Waals surface area contributed by atoms with Gasteiger partial charge in [-0.05, 0) is 24.6 Å². The van der Waals surface area contributed by atoms with E-state index in [-0.39, 0.29) is 17.2 Å². The van der Waals surface area contributed by atoms with Gasteiger partial charge in [-0.2, -0.15) is 5.26 Å². The first-order valence-electron chi connectivity index (χ1n) is 8.70. The second kappa shape index (κ2) is 8.31. The molecule has 0 aliphatic carbocycles. The van der Waals surface area contributed by atoms with E-state index in [9.17, 15) is 5.26 Å². The van der Waals surface area contributed by atoms with E-state index in [1.807, 2.05) is 30.3 Å². The molecule has 6 heteroatoms. The molecule has 3 aromatic rings. The molecule has 1 aromatic heterocycles. The van der Waals surface area contributed by atoms with Gasteiger partial charge in [0.2, 0.25) is 5.76 Å². The normalized spacial score (nSPS) is 10.2. The summed E-state index contributed by atoms with van der Waals surface area (Å²) in [5.41, 5.74) is 2.32. The van der Waals surface area contributed by atoms with E-state index in [0.717, 1.165) is 5.56 Å². The van der Waals surface area contributed by atoms with Gasteiger partial charge in [0.05, 0.1) is 20.8 Å². The minimum Gasteiger partial charge on any atom is -0.497 e. The average molecular weight is 376 g/mol. The molecular weight excluding hydrogens is 356 g/mol. The van der Waals surface area contributed by atoms with Gasteiger partial charge in [-0.1, -0.05) is 30.3 Å². The van der Waals surface area contributed by atoms with Gasteiger partial charge >= 0.3 is 0 Å². The molecule has 2 aromatic carbocycles. The molecule has 0 spiro atoms. The Labute approximate surface area is 163 Å². The Morgan fingerprint density at radius 3 is 2.21 bits per heavy atom. The van der Waals surface area contributed by atoms with Crippen LogP contribution in [-0.2, 0) is 4.74 Å². The maximum atomic E-state index is 9.83. The zero-order valence-corrected chi connectivity index (χ0v) is 15.9. The van der Waals surface area contributed by atoms with Gasteiger partial charge in [0.1, 0.15) is 28.9 Å². The highest BCUT2D eigenvalue weighted by Gasteiger charge is 2.26. The van der Waals surface area contributed by atoms with Gasteiger partial charge < -0.3 is 18.6 Å². The number of furan rings is 1. The Bertz CT molecular complexity index is 1010. The summed E-state index contributed by atoms with van der Waals surface area (Å²) in [5.74, 6) is 1.53. The van der Waals surface area contributed by atoms with E-state index >= 15 is 0 Å². The Morgan fingerprint density at radius 1 is 1.04 bits per heavy atom. The molecule has 28 heavy (non-hydrogen) atoms. The van der Waals surface area contributed by atoms with Crippen LogP contribution in [0.4, 0.5) is 0 Å². The molecule has 0 saturated heterocycles. The predicted octanol–water partition coefficient (Wildman–Crippen LogP) is 4.86. The molecule has 0 bridgehead atoms. The minimum absolute atomic E-state index is 0.0972. The van der Waals surface area contributed by atoms with E-state index in [4.69, 9.17) is 24.0 Å². The van der Waals surface area contributed by atoms with E-state index in [0.29, 0.717) is 35.0 Å². The lowest BCUT2D eigenvalue weighted by molar-refractivity contribution is 0.316. The van der Waals surface area contributed by atoms with Crippen molar-refractivity contribution < 1.29 is 18.6 Å². The highest BCUT2D eigenvalue weighted by atomic mass is 16.5. The lowest BCUT2D eigenvalue weighted by Crippen LogP contribution is -2.05. The van der Waals surface area contributed by atoms with Gasteiger partial charge in [0, 0.05) is 17.2 Å². The third kappa shape index (κ3) is 3.55. The van der Waals surface area contributed by atoms with Gasteiger partial charge in [-0.15, -0.1) is 0 Å². The number of benzene rings is 2. The fraction of sp³-hybridized carbons (Fsp3) is 0.182. The van der Waals surface area contributed by atoms with Gasteiger partial charge in [0.25, 0.3) is 5.90 Å². The van der Waals surface area contributed by atoms with E-state index in [2.05, 4.69) is 6.07 Å². The molecule has 0 aliphatic rings. The maximum Gasteiger partial charge on any atom is 0.251 e. The molecule has 142 valence electrons. The summed E-state index contributed by atoms with van der Waals surface area (Å²) in [7, 11) is 3.13. The van der Waals surface area contributed by atoms with E-state index < -0.39 is 0 Å². The van der Waals surface area contributed by atoms with Crippen molar-refractivity contribution >= 4 is 5.90 Å². The average Bonchev–Trinajstić information content (AvgIpc) is 3.14. The standard InChI is InChI=1S/C22H20N2O4/c1-4-27-22(24)21-18(13-23)19(14-8-6-5-7-9-14)20(28-21)15-10-16(25-2)12-17(11-15)26-3/h5-12,24H,4H2,1-3H3. The van der Waals surface area contributed by atoms with Crippen molar-refractivity contribution in [1.29, 1.82) is 10.7 Å². The van der Waals surface area contributed by atoms with Crippen molar-refractivity contribution in [1.82, 2.24) is 0 Å². The molecule has 6 nitrogen and oxygen atoms in total. The molecule has 0 unspecified atom stereocenters. The number of nitrogens with zero attached hydrogens (tertiary/aromatic N) is 1. The summed E-state index contributed by atoms with van der Waals surface area (Å²) in [5, 5.41) is 18.0. The number of rotatable bonds is 6. The maximum absolute atomic E-state index is 9.83. The second-order valence-electron chi connectivity index (χ2n) is 5.85. The largest absolute Gasteiger partial charge is 0.497 e. The van der Waals surface area contributed by atoms with Crippen LogP contribution in [0.2, 0.25) is 0 Å². The number of ether oxygens (including phenoxy) is 3. The van der Waals surface area contributed by atoms with Gasteiger partial charge in [-0.25, -0.2) is 0 Å². The number of nitriles is 1. The van der Waals surface area contributed by atoms with Crippen LogP contribution in [-0.4, -0.2) is 26.7 Å². The summed E-state index contributed by atoms with van der Waals surface area (Å²) in [6.07, 6.45) is 0. The third-order valence-electron chi connectivity index (χ3n) is 4.19. The van der Waals surface area contributed by atoms with E-state index in [1.165, 1.54) is 0 Å². The first-order chi connectivity index (χ1) is 13.6. The molecule has 0 saturated carbocycles. The molecule has 0 amide bonds. The fourth-order valence-electron chi connectivity index (χ4n) is 2.93. The summed E-state index contributed by atoms with van der Waals surface area (Å²) in [4.78, 5) is 0. The van der Waals surface area contributed by atoms with Crippen LogP contribution in [0.5, 0.6) is 11.5 Å². The smallest absolute Gasteiger partial charge is 0.251 e. The molecule has 0 atom stereocenters. The Hall–Kier alpha value is -3.72. The van der Waals surface area contributed by atoms with Crippen LogP contribution in [0.25, 0.3) is 22.5 Å². The number of methoxy groups -OCH3 is 2. The van der Waals surface area contributed by atoms with Crippen molar-refractivity contribution in [3.8, 4) is 40.0 Å². The van der Waals surface area contributed by atoms with Gasteiger partial charge in [-0.3, -0.25) is 5.41 Å². The Morgan fingerprint density at radius 2 is 1.68 bits per heavy atom. The molecule has 1 heterocycles. The first kappa shape index (κ1) is 19.1. The van der Waals surface area contributed by atoms with Crippen molar-refractivity contribution in [2.24, 2.45) is 0 Å². The van der Waals surface area contributed by atoms with Crippen LogP contribution < -0.4 is 9.47 Å². The highest BCUT2D eigenvalue weighted by Crippen LogP contribution is 2.41. The van der Waals surface area contributed by atoms with Crippen molar-refractivity contribution in [3.63, 3.8) is 0 Å². The third-order valence-corrected chi connectivity index (χ3v) is 4.19. The molecule has 3 rings (SSSR count). The molecule has 1 N–H and O–H groups in total. The van der Waals surface area contributed by atoms with Crippen LogP contribution in [0.3, 0.4) is 0 Å². The molecule has 0 fully saturated rings. The van der Waals surface area contributed by atoms with Crippen LogP contribution >= 0.6 is 0 Å². The van der Waals surface area contributed by atoms with Crippen molar-refractivity contribution in [2.45, 2.75) is 6.92 Å². The van der Waals surface area contributed by atoms with Crippen LogP contribution in [0, 0.1) is 16.7 Å². The quantitative estimate of drug-likeness (QED) is 0.490. The monoisotopic (exact) mass is 376 g/mol. The number of nitrogens with one attached hydrogen (secondary N) is 1. The Balaban J connectivity index is 2.32. The van der Waals surface area contributed by atoms with Crippen LogP contribution in [0.1, 0.15) is 18.2 Å². The molecular formula is C22H20N2O4. The van der Waals surface area contributed by atoms with Crippen LogP contribution in [0.15, 0.2) is 52.9 Å². The second-order valence-corrected chi connectivity index (χ2v) is 5.85. The predicted molar refractivity (Wildman–Crippen MR) is 106 cm³/mol. The summed E-state index contributed by atoms with van der Waals surface area (Å²) in [6.45, 7) is 2.07. The fourth-order valence-corrected chi connectivity index (χ4v) is 2.93. The van der Waals surface area contributed by atoms with Crippen molar-refractivity contribution in [3.05, 3.63) is 59.9 Å². The zero-order valence-electron chi connectivity index (χ0n) is 15.9. The minimum atomic E-state index is -0.183. The number of hydrogen-bond acceptors (Lipinski definition) is 6. The summed E-state index contributed by atoms with van der Waals surface area (Å²) in [6, 6.07) is 17.0. The summed E-state index contributed by atoms with van der Waals surface area (Å²) >= 11 is 0. The summed E-state index contributed by atoms with van der Waals surface area (Å²) < 4.78 is 22.0. The van der Waals surface area contributed by atoms with Gasteiger partial charge in [0.15, 0.2) is 0 Å². The SMILES string of the molecule is CCOC(=N)c1oc(-c2cc(OC)cc(OC)c2)c(-c2ccccc2)c1C#N. The highest BCUT2D eigenvalue weighted by molar-refractivity contribution is 5.98.